The summed E-state index contributed by atoms with van der Waals surface area (Å²) in [7, 11) is 0. The van der Waals surface area contributed by atoms with Gasteiger partial charge in [-0.25, -0.2) is 0 Å². The van der Waals surface area contributed by atoms with Gasteiger partial charge in [-0.15, -0.1) is 6.58 Å². The van der Waals surface area contributed by atoms with E-state index in [2.05, 4.69) is 32.3 Å². The van der Waals surface area contributed by atoms with Gasteiger partial charge in [0.1, 0.15) is 0 Å². The fourth-order valence-electron chi connectivity index (χ4n) is 1.24. The molecule has 0 aliphatic carbocycles. The van der Waals surface area contributed by atoms with Crippen LogP contribution in [0.5, 0.6) is 0 Å². The van der Waals surface area contributed by atoms with Gasteiger partial charge in [0.2, 0.25) is 0 Å². The summed E-state index contributed by atoms with van der Waals surface area (Å²) in [5, 5.41) is 0. The molecular formula is C11H23N. The van der Waals surface area contributed by atoms with E-state index in [1.807, 2.05) is 6.08 Å². The molecule has 0 aliphatic rings. The van der Waals surface area contributed by atoms with Crippen molar-refractivity contribution in [3.05, 3.63) is 12.7 Å². The molecule has 12 heavy (non-hydrogen) atoms. The van der Waals surface area contributed by atoms with E-state index in [0.29, 0.717) is 5.92 Å². The molecule has 0 rings (SSSR count). The topological polar surface area (TPSA) is 3.24 Å². The summed E-state index contributed by atoms with van der Waals surface area (Å²) >= 11 is 0. The van der Waals surface area contributed by atoms with Crippen LogP contribution in [0.2, 0.25) is 0 Å². The summed E-state index contributed by atoms with van der Waals surface area (Å²) < 4.78 is 0. The third kappa shape index (κ3) is 5.36. The number of unbranched alkanes of at least 4 members (excludes halogenated alkanes) is 1. The van der Waals surface area contributed by atoms with Crippen LogP contribution in [0.25, 0.3) is 0 Å². The van der Waals surface area contributed by atoms with E-state index in [-0.39, 0.29) is 0 Å². The summed E-state index contributed by atoms with van der Waals surface area (Å²) in [5.74, 6) is 0.627. The van der Waals surface area contributed by atoms with E-state index in [1.54, 1.807) is 0 Å². The molecule has 0 spiro atoms. The van der Waals surface area contributed by atoms with Crippen molar-refractivity contribution in [2.24, 2.45) is 5.92 Å². The van der Waals surface area contributed by atoms with Crippen molar-refractivity contribution in [2.45, 2.75) is 33.6 Å². The molecule has 0 fully saturated rings. The van der Waals surface area contributed by atoms with Gasteiger partial charge in [-0.05, 0) is 25.4 Å². The lowest BCUT2D eigenvalue weighted by Gasteiger charge is -2.22. The highest BCUT2D eigenvalue weighted by molar-refractivity contribution is 4.77. The van der Waals surface area contributed by atoms with Crippen LogP contribution in [-0.4, -0.2) is 24.5 Å². The Morgan fingerprint density at radius 3 is 2.50 bits per heavy atom. The van der Waals surface area contributed by atoms with Gasteiger partial charge in [0.25, 0.3) is 0 Å². The Morgan fingerprint density at radius 2 is 2.08 bits per heavy atom. The number of rotatable bonds is 7. The zero-order chi connectivity index (χ0) is 9.40. The van der Waals surface area contributed by atoms with Gasteiger partial charge in [0.05, 0.1) is 0 Å². The summed E-state index contributed by atoms with van der Waals surface area (Å²) in [6, 6.07) is 0. The number of hydrogen-bond donors (Lipinski definition) is 0. The monoisotopic (exact) mass is 169 g/mol. The van der Waals surface area contributed by atoms with Gasteiger partial charge < -0.3 is 4.90 Å². The van der Waals surface area contributed by atoms with Crippen LogP contribution in [0.15, 0.2) is 12.7 Å². The van der Waals surface area contributed by atoms with E-state index >= 15 is 0 Å². The van der Waals surface area contributed by atoms with Crippen LogP contribution >= 0.6 is 0 Å². The minimum atomic E-state index is 0.627. The number of hydrogen-bond acceptors (Lipinski definition) is 1. The molecule has 0 heterocycles. The molecule has 0 aromatic rings. The van der Waals surface area contributed by atoms with Crippen molar-refractivity contribution < 1.29 is 0 Å². The predicted molar refractivity (Wildman–Crippen MR) is 56.4 cm³/mol. The highest BCUT2D eigenvalue weighted by Crippen LogP contribution is 2.02. The average molecular weight is 169 g/mol. The van der Waals surface area contributed by atoms with E-state index in [1.165, 1.54) is 25.9 Å². The summed E-state index contributed by atoms with van der Waals surface area (Å²) in [6.07, 6.45) is 4.64. The van der Waals surface area contributed by atoms with E-state index < -0.39 is 0 Å². The van der Waals surface area contributed by atoms with Crippen molar-refractivity contribution in [3.63, 3.8) is 0 Å². The lowest BCUT2D eigenvalue weighted by Crippen LogP contribution is -2.28. The quantitative estimate of drug-likeness (QED) is 0.530. The van der Waals surface area contributed by atoms with Gasteiger partial charge in [-0.2, -0.15) is 0 Å². The average Bonchev–Trinajstić information content (AvgIpc) is 2.11. The predicted octanol–water partition coefficient (Wildman–Crippen LogP) is 2.93. The lowest BCUT2D eigenvalue weighted by atomic mass is 10.1. The standard InChI is InChI=1S/C11H23N/c1-5-8-9-12(7-3)10-11(4)6-2/h6,11H,2,5,7-10H2,1,3-4H3. The van der Waals surface area contributed by atoms with Crippen molar-refractivity contribution >= 4 is 0 Å². The minimum absolute atomic E-state index is 0.627. The highest BCUT2D eigenvalue weighted by Gasteiger charge is 2.04. The second-order valence-corrected chi connectivity index (χ2v) is 3.46. The van der Waals surface area contributed by atoms with Crippen LogP contribution in [0.1, 0.15) is 33.6 Å². The third-order valence-corrected chi connectivity index (χ3v) is 2.22. The zero-order valence-corrected chi connectivity index (χ0v) is 8.84. The molecule has 0 aromatic heterocycles. The second kappa shape index (κ2) is 7.35. The molecule has 0 saturated heterocycles. The first-order valence-electron chi connectivity index (χ1n) is 5.09. The molecule has 1 heteroatoms. The molecular weight excluding hydrogens is 146 g/mol. The Labute approximate surface area is 77.5 Å². The maximum absolute atomic E-state index is 3.80. The first-order chi connectivity index (χ1) is 5.74. The Balaban J connectivity index is 3.58. The Kier molecular flexibility index (Phi) is 7.17. The van der Waals surface area contributed by atoms with Crippen molar-refractivity contribution in [1.29, 1.82) is 0 Å². The lowest BCUT2D eigenvalue weighted by molar-refractivity contribution is 0.262. The highest BCUT2D eigenvalue weighted by atomic mass is 15.1. The van der Waals surface area contributed by atoms with Crippen LogP contribution in [0.3, 0.4) is 0 Å². The Bertz CT molecular complexity index is 110. The van der Waals surface area contributed by atoms with E-state index in [4.69, 9.17) is 0 Å². The van der Waals surface area contributed by atoms with Gasteiger partial charge in [-0.3, -0.25) is 0 Å². The molecule has 1 nitrogen and oxygen atoms in total. The van der Waals surface area contributed by atoms with Gasteiger partial charge in [-0.1, -0.05) is 33.3 Å². The van der Waals surface area contributed by atoms with Crippen molar-refractivity contribution in [2.75, 3.05) is 19.6 Å². The molecule has 0 bridgehead atoms. The van der Waals surface area contributed by atoms with Gasteiger partial charge >= 0.3 is 0 Å². The van der Waals surface area contributed by atoms with Gasteiger partial charge in [0.15, 0.2) is 0 Å². The Morgan fingerprint density at radius 1 is 1.42 bits per heavy atom. The Hall–Kier alpha value is -0.300. The fraction of sp³-hybridized carbons (Fsp3) is 0.818. The molecule has 0 saturated carbocycles. The van der Waals surface area contributed by atoms with Crippen LogP contribution in [0.4, 0.5) is 0 Å². The first kappa shape index (κ1) is 11.7. The molecule has 1 atom stereocenters. The zero-order valence-electron chi connectivity index (χ0n) is 8.84. The summed E-state index contributed by atoms with van der Waals surface area (Å²) in [5.41, 5.74) is 0. The van der Waals surface area contributed by atoms with Crippen LogP contribution < -0.4 is 0 Å². The van der Waals surface area contributed by atoms with Crippen molar-refractivity contribution in [3.8, 4) is 0 Å². The second-order valence-electron chi connectivity index (χ2n) is 3.46. The summed E-state index contributed by atoms with van der Waals surface area (Å²) in [6.45, 7) is 14.1. The fourth-order valence-corrected chi connectivity index (χ4v) is 1.24. The van der Waals surface area contributed by atoms with Crippen LogP contribution in [0, 0.1) is 5.92 Å². The van der Waals surface area contributed by atoms with Crippen LogP contribution in [-0.2, 0) is 0 Å². The molecule has 0 aromatic carbocycles. The SMILES string of the molecule is C=CC(C)CN(CC)CCCC. The van der Waals surface area contributed by atoms with E-state index in [9.17, 15) is 0 Å². The first-order valence-corrected chi connectivity index (χ1v) is 5.09. The molecule has 1 unspecified atom stereocenters. The molecule has 72 valence electrons. The molecule has 0 aliphatic heterocycles. The smallest absolute Gasteiger partial charge is 0.00415 e. The maximum atomic E-state index is 3.80. The van der Waals surface area contributed by atoms with E-state index in [0.717, 1.165) is 6.54 Å². The molecule has 0 radical (unpaired) electrons. The minimum Gasteiger partial charge on any atom is -0.303 e. The summed E-state index contributed by atoms with van der Waals surface area (Å²) in [4.78, 5) is 2.50. The largest absolute Gasteiger partial charge is 0.303 e. The van der Waals surface area contributed by atoms with Crippen molar-refractivity contribution in [1.82, 2.24) is 4.90 Å². The normalized spacial score (nSPS) is 13.3. The molecule has 0 N–H and O–H groups in total. The maximum Gasteiger partial charge on any atom is 0.00415 e. The molecule has 0 amide bonds. The van der Waals surface area contributed by atoms with Gasteiger partial charge in [0, 0.05) is 6.54 Å². The number of nitrogens with zero attached hydrogens (tertiary/aromatic N) is 1. The third-order valence-electron chi connectivity index (χ3n) is 2.22.